The molecule has 1 aliphatic carbocycles. The maximum atomic E-state index is 13.7. The number of carboxylic acids is 1. The van der Waals surface area contributed by atoms with Gasteiger partial charge in [0, 0.05) is 36.4 Å². The van der Waals surface area contributed by atoms with E-state index in [1.807, 2.05) is 61.5 Å². The van der Waals surface area contributed by atoms with Gasteiger partial charge in [-0.1, -0.05) is 13.8 Å². The fourth-order valence-corrected chi connectivity index (χ4v) is 4.61. The topological polar surface area (TPSA) is 71.8 Å². The van der Waals surface area contributed by atoms with Crippen molar-refractivity contribution in [1.82, 2.24) is 4.57 Å². The lowest BCUT2D eigenvalue weighted by Gasteiger charge is -2.21. The van der Waals surface area contributed by atoms with Crippen LogP contribution in [0.5, 0.6) is 5.75 Å². The number of benzene rings is 2. The third kappa shape index (κ3) is 4.47. The molecule has 1 atom stereocenters. The summed E-state index contributed by atoms with van der Waals surface area (Å²) in [5.74, 6) is -0.349. The number of carbonyl (C=O) groups is 2. The number of nitrogens with zero attached hydrogens (tertiary/aromatic N) is 2. The Kier molecular flexibility index (Phi) is 6.45. The number of hydrogen-bond acceptors (Lipinski definition) is 4. The molecular weight excluding hydrogens is 416 g/mol. The van der Waals surface area contributed by atoms with Crippen LogP contribution in [0.4, 0.5) is 5.69 Å². The first-order valence-corrected chi connectivity index (χ1v) is 11.6. The largest absolute Gasteiger partial charge is 0.494 e. The van der Waals surface area contributed by atoms with Crippen molar-refractivity contribution in [2.24, 2.45) is 5.92 Å². The molecule has 1 N–H and O–H groups in total. The number of hydrogen-bond donors (Lipinski definition) is 1. The van der Waals surface area contributed by atoms with Gasteiger partial charge in [0.15, 0.2) is 0 Å². The van der Waals surface area contributed by atoms with Crippen LogP contribution in [0, 0.1) is 5.92 Å². The minimum Gasteiger partial charge on any atom is -0.494 e. The Morgan fingerprint density at radius 1 is 1.15 bits per heavy atom. The van der Waals surface area contributed by atoms with Crippen molar-refractivity contribution in [2.45, 2.75) is 45.4 Å². The number of fused-ring (bicyclic) bond motifs is 3. The summed E-state index contributed by atoms with van der Waals surface area (Å²) in [6.07, 6.45) is 2.94. The Labute approximate surface area is 194 Å². The molecule has 1 aromatic heterocycles. The molecule has 0 bridgehead atoms. The number of rotatable bonds is 7. The van der Waals surface area contributed by atoms with Gasteiger partial charge in [-0.15, -0.1) is 0 Å². The number of anilines is 1. The molecule has 1 heterocycles. The minimum atomic E-state index is -0.844. The van der Waals surface area contributed by atoms with Crippen LogP contribution in [0.15, 0.2) is 42.5 Å². The Morgan fingerprint density at radius 3 is 2.52 bits per heavy atom. The molecule has 174 valence electrons. The summed E-state index contributed by atoms with van der Waals surface area (Å²) in [5, 5.41) is 10.7. The van der Waals surface area contributed by atoms with Crippen LogP contribution < -0.4 is 9.64 Å². The summed E-state index contributed by atoms with van der Waals surface area (Å²) in [7, 11) is 3.92. The van der Waals surface area contributed by atoms with Gasteiger partial charge in [-0.25, -0.2) is 0 Å². The van der Waals surface area contributed by atoms with Gasteiger partial charge in [0.1, 0.15) is 5.75 Å². The fourth-order valence-electron chi connectivity index (χ4n) is 4.61. The fraction of sp³-hybridized carbons (Fsp3) is 0.407. The zero-order chi connectivity index (χ0) is 23.7. The molecule has 1 aliphatic rings. The van der Waals surface area contributed by atoms with E-state index in [2.05, 4.69) is 13.8 Å². The van der Waals surface area contributed by atoms with E-state index in [4.69, 9.17) is 4.74 Å². The standard InChI is InChI=1S/C27H32N2O4/c1-17(2)14-15-33-20-12-13-23-22(16-20)25-21(27(31)32)6-5-7-24(25)29(23)26(30)18-8-10-19(11-9-18)28(3)4/h8-13,16-17,21H,5-7,14-15H2,1-4H3,(H,31,32). The van der Waals surface area contributed by atoms with E-state index in [0.717, 1.165) is 40.7 Å². The molecule has 0 radical (unpaired) electrons. The Balaban J connectivity index is 1.82. The maximum Gasteiger partial charge on any atom is 0.311 e. The highest BCUT2D eigenvalue weighted by Crippen LogP contribution is 2.41. The van der Waals surface area contributed by atoms with Gasteiger partial charge < -0.3 is 14.7 Å². The molecule has 0 aliphatic heterocycles. The zero-order valence-electron chi connectivity index (χ0n) is 19.8. The van der Waals surface area contributed by atoms with E-state index in [-0.39, 0.29) is 5.91 Å². The van der Waals surface area contributed by atoms with E-state index in [9.17, 15) is 14.7 Å². The maximum absolute atomic E-state index is 13.7. The number of aromatic nitrogens is 1. The van der Waals surface area contributed by atoms with E-state index in [1.54, 1.807) is 4.57 Å². The van der Waals surface area contributed by atoms with Gasteiger partial charge >= 0.3 is 5.97 Å². The van der Waals surface area contributed by atoms with Crippen molar-refractivity contribution in [3.8, 4) is 5.75 Å². The van der Waals surface area contributed by atoms with E-state index in [0.29, 0.717) is 36.7 Å². The van der Waals surface area contributed by atoms with Crippen LogP contribution in [0.1, 0.15) is 60.6 Å². The lowest BCUT2D eigenvalue weighted by Crippen LogP contribution is -2.21. The van der Waals surface area contributed by atoms with Gasteiger partial charge in [0.2, 0.25) is 0 Å². The molecule has 6 nitrogen and oxygen atoms in total. The van der Waals surface area contributed by atoms with Crippen molar-refractivity contribution >= 4 is 28.5 Å². The summed E-state index contributed by atoms with van der Waals surface area (Å²) in [4.78, 5) is 27.8. The SMILES string of the molecule is CC(C)CCOc1ccc2c(c1)c1c(n2C(=O)c2ccc(N(C)C)cc2)CCCC1C(=O)O. The molecule has 6 heteroatoms. The molecule has 0 amide bonds. The van der Waals surface area contributed by atoms with Crippen molar-refractivity contribution in [1.29, 1.82) is 0 Å². The van der Waals surface area contributed by atoms with Crippen LogP contribution in [0.25, 0.3) is 10.9 Å². The van der Waals surface area contributed by atoms with Crippen molar-refractivity contribution in [3.05, 3.63) is 59.3 Å². The van der Waals surface area contributed by atoms with Crippen molar-refractivity contribution in [2.75, 3.05) is 25.6 Å². The molecule has 0 saturated carbocycles. The predicted octanol–water partition coefficient (Wildman–Crippen LogP) is 5.33. The molecule has 0 fully saturated rings. The van der Waals surface area contributed by atoms with Crippen LogP contribution in [-0.4, -0.2) is 42.3 Å². The van der Waals surface area contributed by atoms with Crippen LogP contribution in [-0.2, 0) is 11.2 Å². The summed E-state index contributed by atoms with van der Waals surface area (Å²) >= 11 is 0. The number of aliphatic carboxylic acids is 1. The molecule has 1 unspecified atom stereocenters. The average molecular weight is 449 g/mol. The van der Waals surface area contributed by atoms with E-state index >= 15 is 0 Å². The van der Waals surface area contributed by atoms with Crippen LogP contribution >= 0.6 is 0 Å². The lowest BCUT2D eigenvalue weighted by molar-refractivity contribution is -0.139. The third-order valence-corrected chi connectivity index (χ3v) is 6.43. The summed E-state index contributed by atoms with van der Waals surface area (Å²) in [6.45, 7) is 4.90. The molecule has 3 aromatic rings. The van der Waals surface area contributed by atoms with E-state index < -0.39 is 11.9 Å². The van der Waals surface area contributed by atoms with Crippen molar-refractivity contribution in [3.63, 3.8) is 0 Å². The zero-order valence-corrected chi connectivity index (χ0v) is 19.8. The summed E-state index contributed by atoms with van der Waals surface area (Å²) in [6, 6.07) is 13.2. The highest BCUT2D eigenvalue weighted by Gasteiger charge is 2.33. The highest BCUT2D eigenvalue weighted by molar-refractivity contribution is 6.05. The van der Waals surface area contributed by atoms with Gasteiger partial charge in [-0.3, -0.25) is 14.2 Å². The van der Waals surface area contributed by atoms with Crippen LogP contribution in [0.3, 0.4) is 0 Å². The summed E-state index contributed by atoms with van der Waals surface area (Å²) < 4.78 is 7.68. The van der Waals surface area contributed by atoms with Gasteiger partial charge in [0.25, 0.3) is 5.91 Å². The Hall–Kier alpha value is -3.28. The third-order valence-electron chi connectivity index (χ3n) is 6.43. The summed E-state index contributed by atoms with van der Waals surface area (Å²) in [5.41, 5.74) is 3.90. The molecule has 4 rings (SSSR count). The van der Waals surface area contributed by atoms with Crippen LogP contribution in [0.2, 0.25) is 0 Å². The Morgan fingerprint density at radius 2 is 1.88 bits per heavy atom. The second-order valence-electron chi connectivity index (χ2n) is 9.44. The molecule has 2 aromatic carbocycles. The Bertz CT molecular complexity index is 1180. The lowest BCUT2D eigenvalue weighted by atomic mass is 9.85. The molecular formula is C27H32N2O4. The number of ether oxygens (including phenoxy) is 1. The molecule has 33 heavy (non-hydrogen) atoms. The second-order valence-corrected chi connectivity index (χ2v) is 9.44. The second kappa shape index (κ2) is 9.30. The molecule has 0 spiro atoms. The number of carbonyl (C=O) groups excluding carboxylic acids is 1. The van der Waals surface area contributed by atoms with E-state index in [1.165, 1.54) is 0 Å². The highest BCUT2D eigenvalue weighted by atomic mass is 16.5. The first kappa shape index (κ1) is 22.9. The number of carboxylic acid groups (broad SMARTS) is 1. The monoisotopic (exact) mass is 448 g/mol. The molecule has 0 saturated heterocycles. The predicted molar refractivity (Wildman–Crippen MR) is 131 cm³/mol. The smallest absolute Gasteiger partial charge is 0.311 e. The van der Waals surface area contributed by atoms with Gasteiger partial charge in [-0.05, 0) is 79.6 Å². The van der Waals surface area contributed by atoms with Crippen molar-refractivity contribution < 1.29 is 19.4 Å². The van der Waals surface area contributed by atoms with Gasteiger partial charge in [-0.2, -0.15) is 0 Å². The average Bonchev–Trinajstić information content (AvgIpc) is 3.12. The quantitative estimate of drug-likeness (QED) is 0.529. The first-order chi connectivity index (χ1) is 15.8. The normalized spacial score (nSPS) is 15.5. The first-order valence-electron chi connectivity index (χ1n) is 11.6. The van der Waals surface area contributed by atoms with Gasteiger partial charge in [0.05, 0.1) is 18.0 Å². The minimum absolute atomic E-state index is 0.133.